The van der Waals surface area contributed by atoms with Crippen molar-refractivity contribution in [1.82, 2.24) is 15.5 Å². The van der Waals surface area contributed by atoms with E-state index in [-0.39, 0.29) is 36.8 Å². The third-order valence-electron chi connectivity index (χ3n) is 6.77. The minimum Gasteiger partial charge on any atom is -0.379 e. The predicted molar refractivity (Wildman–Crippen MR) is 115 cm³/mol. The summed E-state index contributed by atoms with van der Waals surface area (Å²) in [6.07, 6.45) is 8.57. The number of morpholine rings is 1. The largest absolute Gasteiger partial charge is 0.379 e. The number of hydrogen-bond donors (Lipinski definition) is 2. The van der Waals surface area contributed by atoms with Crippen LogP contribution in [0.1, 0.15) is 58.8 Å². The molecule has 0 aromatic carbocycles. The summed E-state index contributed by atoms with van der Waals surface area (Å²) in [5.41, 5.74) is 0. The van der Waals surface area contributed by atoms with Crippen LogP contribution in [0.2, 0.25) is 0 Å². The van der Waals surface area contributed by atoms with Gasteiger partial charge in [0.2, 0.25) is 5.91 Å². The molecule has 3 aliphatic rings. The number of amides is 1. The number of hydrogen-bond acceptors (Lipinski definition) is 4. The Bertz CT molecular complexity index is 417. The van der Waals surface area contributed by atoms with Crippen molar-refractivity contribution >= 4 is 30.7 Å². The molecule has 3 rings (SSSR count). The molecule has 0 radical (unpaired) electrons. The van der Waals surface area contributed by atoms with E-state index in [0.29, 0.717) is 18.0 Å². The fourth-order valence-corrected chi connectivity index (χ4v) is 5.19. The molecule has 27 heavy (non-hydrogen) atoms. The highest BCUT2D eigenvalue weighted by Crippen LogP contribution is 2.33. The van der Waals surface area contributed by atoms with E-state index in [0.717, 1.165) is 45.2 Å². The van der Waals surface area contributed by atoms with Gasteiger partial charge in [0.1, 0.15) is 0 Å². The van der Waals surface area contributed by atoms with Gasteiger partial charge in [-0.25, -0.2) is 0 Å². The van der Waals surface area contributed by atoms with E-state index in [1.54, 1.807) is 0 Å². The molecule has 160 valence electrons. The lowest BCUT2D eigenvalue weighted by atomic mass is 9.85. The number of rotatable bonds is 7. The molecule has 1 saturated carbocycles. The summed E-state index contributed by atoms with van der Waals surface area (Å²) in [6, 6.07) is 1.05. The normalized spacial score (nSPS) is 29.4. The first-order valence-electron chi connectivity index (χ1n) is 10.6. The van der Waals surface area contributed by atoms with E-state index in [9.17, 15) is 4.79 Å². The van der Waals surface area contributed by atoms with Gasteiger partial charge in [0, 0.05) is 31.7 Å². The van der Waals surface area contributed by atoms with Crippen LogP contribution in [0.5, 0.6) is 0 Å². The Morgan fingerprint density at radius 2 is 1.81 bits per heavy atom. The number of ether oxygens (including phenoxy) is 1. The fraction of sp³-hybridized carbons (Fsp3) is 0.950. The van der Waals surface area contributed by atoms with Gasteiger partial charge in [-0.1, -0.05) is 39.5 Å². The smallest absolute Gasteiger partial charge is 0.237 e. The highest BCUT2D eigenvalue weighted by Gasteiger charge is 2.38. The number of carbonyl (C=O) groups is 1. The van der Waals surface area contributed by atoms with E-state index < -0.39 is 0 Å². The maximum Gasteiger partial charge on any atom is 0.237 e. The number of nitrogens with zero attached hydrogens (tertiary/aromatic N) is 1. The van der Waals surface area contributed by atoms with Crippen LogP contribution >= 0.6 is 24.8 Å². The second-order valence-corrected chi connectivity index (χ2v) is 8.14. The van der Waals surface area contributed by atoms with Crippen molar-refractivity contribution in [2.24, 2.45) is 11.8 Å². The standard InChI is InChI=1S/C20H37N3O2.2ClH/c1-3-15(4-2)19(23-9-11-25-12-10-23)14-21-20(24)18-13-16-7-5-6-8-17(16)22-18;;/h15-19,22H,3-14H2,1-2H3,(H,21,24);2*1H. The minimum absolute atomic E-state index is 0. The summed E-state index contributed by atoms with van der Waals surface area (Å²) < 4.78 is 5.52. The lowest BCUT2D eigenvalue weighted by Gasteiger charge is -2.39. The van der Waals surface area contributed by atoms with Crippen molar-refractivity contribution in [1.29, 1.82) is 0 Å². The Balaban J connectivity index is 0.00000182. The van der Waals surface area contributed by atoms with E-state index in [2.05, 4.69) is 29.4 Å². The van der Waals surface area contributed by atoms with E-state index in [4.69, 9.17) is 4.74 Å². The maximum atomic E-state index is 12.8. The van der Waals surface area contributed by atoms with Gasteiger partial charge in [-0.2, -0.15) is 0 Å². The van der Waals surface area contributed by atoms with Gasteiger partial charge in [-0.15, -0.1) is 24.8 Å². The first-order valence-corrected chi connectivity index (χ1v) is 10.6. The van der Waals surface area contributed by atoms with Crippen molar-refractivity contribution in [2.75, 3.05) is 32.8 Å². The van der Waals surface area contributed by atoms with Gasteiger partial charge in [0.15, 0.2) is 0 Å². The molecule has 0 spiro atoms. The highest BCUT2D eigenvalue weighted by atomic mass is 35.5. The molecular weight excluding hydrogens is 385 g/mol. The van der Waals surface area contributed by atoms with Crippen molar-refractivity contribution in [3.05, 3.63) is 0 Å². The zero-order valence-corrected chi connectivity index (χ0v) is 18.6. The van der Waals surface area contributed by atoms with Crippen LogP contribution in [0.15, 0.2) is 0 Å². The van der Waals surface area contributed by atoms with Gasteiger partial charge in [0.25, 0.3) is 0 Å². The number of carbonyl (C=O) groups excluding carboxylic acids is 1. The molecule has 7 heteroatoms. The Morgan fingerprint density at radius 1 is 1.15 bits per heavy atom. The van der Waals surface area contributed by atoms with Gasteiger partial charge in [0.05, 0.1) is 19.3 Å². The topological polar surface area (TPSA) is 53.6 Å². The molecule has 4 atom stereocenters. The zero-order valence-electron chi connectivity index (χ0n) is 17.0. The van der Waals surface area contributed by atoms with Crippen LogP contribution < -0.4 is 10.6 Å². The molecular formula is C20H39Cl2N3O2. The molecule has 1 aliphatic carbocycles. The first kappa shape index (κ1) is 25.0. The third kappa shape index (κ3) is 6.46. The third-order valence-corrected chi connectivity index (χ3v) is 6.77. The molecule has 0 bridgehead atoms. The summed E-state index contributed by atoms with van der Waals surface area (Å²) in [5.74, 6) is 1.58. The average Bonchev–Trinajstić information content (AvgIpc) is 3.10. The van der Waals surface area contributed by atoms with Crippen molar-refractivity contribution in [3.8, 4) is 0 Å². The van der Waals surface area contributed by atoms with Gasteiger partial charge in [-0.05, 0) is 31.1 Å². The molecule has 0 aromatic heterocycles. The van der Waals surface area contributed by atoms with Crippen LogP contribution in [0.3, 0.4) is 0 Å². The van der Waals surface area contributed by atoms with Gasteiger partial charge < -0.3 is 15.4 Å². The highest BCUT2D eigenvalue weighted by molar-refractivity contribution is 5.85. The second kappa shape index (κ2) is 12.5. The SMILES string of the molecule is CCC(CC)C(CNC(=O)C1CC2CCCCC2N1)N1CCOCC1.Cl.Cl. The molecule has 1 amide bonds. The quantitative estimate of drug-likeness (QED) is 0.660. The van der Waals surface area contributed by atoms with E-state index >= 15 is 0 Å². The van der Waals surface area contributed by atoms with Crippen molar-refractivity contribution in [2.45, 2.75) is 76.9 Å². The van der Waals surface area contributed by atoms with Crippen LogP contribution in [0.4, 0.5) is 0 Å². The number of halogens is 2. The maximum absolute atomic E-state index is 12.8. The number of fused-ring (bicyclic) bond motifs is 1. The average molecular weight is 424 g/mol. The monoisotopic (exact) mass is 423 g/mol. The van der Waals surface area contributed by atoms with Crippen LogP contribution in [-0.4, -0.2) is 61.8 Å². The Labute approximate surface area is 177 Å². The summed E-state index contributed by atoms with van der Waals surface area (Å²) >= 11 is 0. The van der Waals surface area contributed by atoms with Gasteiger partial charge >= 0.3 is 0 Å². The molecule has 2 heterocycles. The van der Waals surface area contributed by atoms with Crippen molar-refractivity contribution in [3.63, 3.8) is 0 Å². The Kier molecular flexibility index (Phi) is 11.5. The van der Waals surface area contributed by atoms with E-state index in [1.807, 2.05) is 0 Å². The van der Waals surface area contributed by atoms with Gasteiger partial charge in [-0.3, -0.25) is 9.69 Å². The van der Waals surface area contributed by atoms with Crippen molar-refractivity contribution < 1.29 is 9.53 Å². The first-order chi connectivity index (χ1) is 12.2. The lowest BCUT2D eigenvalue weighted by molar-refractivity contribution is -0.123. The number of nitrogens with one attached hydrogen (secondary N) is 2. The van der Waals surface area contributed by atoms with Crippen LogP contribution in [-0.2, 0) is 9.53 Å². The summed E-state index contributed by atoms with van der Waals surface area (Å²) in [5, 5.41) is 6.90. The lowest BCUT2D eigenvalue weighted by Crippen LogP contribution is -2.53. The minimum atomic E-state index is 0. The summed E-state index contributed by atoms with van der Waals surface area (Å²) in [7, 11) is 0. The Morgan fingerprint density at radius 3 is 2.44 bits per heavy atom. The van der Waals surface area contributed by atoms with E-state index in [1.165, 1.54) is 38.5 Å². The summed E-state index contributed by atoms with van der Waals surface area (Å²) in [6.45, 7) is 8.93. The molecule has 4 unspecified atom stereocenters. The predicted octanol–water partition coefficient (Wildman–Crippen LogP) is 3.00. The molecule has 3 fully saturated rings. The molecule has 2 N–H and O–H groups in total. The second-order valence-electron chi connectivity index (χ2n) is 8.14. The van der Waals surface area contributed by atoms with Crippen LogP contribution in [0.25, 0.3) is 0 Å². The van der Waals surface area contributed by atoms with Crippen LogP contribution in [0, 0.1) is 11.8 Å². The summed E-state index contributed by atoms with van der Waals surface area (Å²) in [4.78, 5) is 15.3. The Hall–Kier alpha value is -0.0700. The molecule has 0 aromatic rings. The molecule has 2 saturated heterocycles. The fourth-order valence-electron chi connectivity index (χ4n) is 5.19. The molecule has 2 aliphatic heterocycles. The molecule has 5 nitrogen and oxygen atoms in total. The zero-order chi connectivity index (χ0) is 17.6.